The molecule has 2 heterocycles. The minimum absolute atomic E-state index is 0.323. The summed E-state index contributed by atoms with van der Waals surface area (Å²) >= 11 is 6.05. The van der Waals surface area contributed by atoms with E-state index in [0.29, 0.717) is 16.4 Å². The first kappa shape index (κ1) is 21.4. The Morgan fingerprint density at radius 1 is 0.848 bits per heavy atom. The zero-order chi connectivity index (χ0) is 23.3. The van der Waals surface area contributed by atoms with E-state index < -0.39 is 29.8 Å². The molecule has 33 heavy (non-hydrogen) atoms. The quantitative estimate of drug-likeness (QED) is 0.527. The van der Waals surface area contributed by atoms with Crippen molar-refractivity contribution in [3.8, 4) is 0 Å². The van der Waals surface area contributed by atoms with Gasteiger partial charge < -0.3 is 4.90 Å². The van der Waals surface area contributed by atoms with Gasteiger partial charge in [0.15, 0.2) is 6.10 Å². The number of rotatable bonds is 4. The van der Waals surface area contributed by atoms with Crippen LogP contribution in [0.4, 0.5) is 21.5 Å². The molecule has 168 valence electrons. The minimum Gasteiger partial charge on any atom is -0.378 e. The highest BCUT2D eigenvalue weighted by atomic mass is 35.5. The number of amides is 2. The van der Waals surface area contributed by atoms with Crippen LogP contribution in [0.3, 0.4) is 0 Å². The van der Waals surface area contributed by atoms with Gasteiger partial charge in [-0.25, -0.2) is 14.4 Å². The molecule has 3 aromatic rings. The average Bonchev–Trinajstić information content (AvgIpc) is 3.31. The molecule has 2 saturated heterocycles. The van der Waals surface area contributed by atoms with Crippen molar-refractivity contribution in [1.82, 2.24) is 0 Å². The van der Waals surface area contributed by atoms with Crippen molar-refractivity contribution in [2.45, 2.75) is 12.1 Å². The summed E-state index contributed by atoms with van der Waals surface area (Å²) < 4.78 is 13.4. The number of halogens is 2. The van der Waals surface area contributed by atoms with E-state index in [-0.39, 0.29) is 5.91 Å². The van der Waals surface area contributed by atoms with Gasteiger partial charge in [-0.3, -0.25) is 14.4 Å². The van der Waals surface area contributed by atoms with Crippen LogP contribution in [-0.4, -0.2) is 32.0 Å². The number of anilines is 3. The fourth-order valence-corrected chi connectivity index (χ4v) is 4.51. The van der Waals surface area contributed by atoms with Crippen LogP contribution in [0.25, 0.3) is 0 Å². The molecule has 0 spiro atoms. The predicted molar refractivity (Wildman–Crippen MR) is 125 cm³/mol. The van der Waals surface area contributed by atoms with Crippen LogP contribution < -0.4 is 14.9 Å². The Hall–Kier alpha value is -3.42. The van der Waals surface area contributed by atoms with Crippen molar-refractivity contribution < 1.29 is 18.8 Å². The molecule has 6 nitrogen and oxygen atoms in total. The Morgan fingerprint density at radius 2 is 1.45 bits per heavy atom. The topological polar surface area (TPSA) is 53.1 Å². The number of benzene rings is 3. The lowest BCUT2D eigenvalue weighted by Gasteiger charge is -2.29. The summed E-state index contributed by atoms with van der Waals surface area (Å²) in [5.41, 5.74) is 2.85. The maximum atomic E-state index is 13.5. The minimum atomic E-state index is -0.989. The Kier molecular flexibility index (Phi) is 5.31. The Morgan fingerprint density at radius 3 is 2.06 bits per heavy atom. The van der Waals surface area contributed by atoms with Gasteiger partial charge in [0.2, 0.25) is 5.91 Å². The molecule has 0 saturated carbocycles. The molecular formula is C25H21ClFN3O3. The monoisotopic (exact) mass is 465 g/mol. The molecule has 2 aliphatic heterocycles. The molecule has 0 aromatic heterocycles. The van der Waals surface area contributed by atoms with Crippen LogP contribution in [0.15, 0.2) is 72.8 Å². The first-order valence-corrected chi connectivity index (χ1v) is 10.8. The van der Waals surface area contributed by atoms with E-state index in [1.807, 2.05) is 43.3 Å². The van der Waals surface area contributed by atoms with E-state index >= 15 is 0 Å². The molecule has 2 aliphatic rings. The van der Waals surface area contributed by atoms with Crippen molar-refractivity contribution in [1.29, 1.82) is 0 Å². The largest absolute Gasteiger partial charge is 0.378 e. The number of hydrogen-bond donors (Lipinski definition) is 0. The van der Waals surface area contributed by atoms with E-state index in [1.165, 1.54) is 24.3 Å². The molecule has 2 fully saturated rings. The number of nitrogens with zero attached hydrogens (tertiary/aromatic N) is 3. The Balaban J connectivity index is 1.57. The molecule has 8 heteroatoms. The lowest BCUT2D eigenvalue weighted by atomic mass is 9.90. The van der Waals surface area contributed by atoms with Gasteiger partial charge in [-0.15, -0.1) is 0 Å². The second-order valence-corrected chi connectivity index (χ2v) is 8.71. The zero-order valence-electron chi connectivity index (χ0n) is 18.0. The summed E-state index contributed by atoms with van der Waals surface area (Å²) in [5.74, 6) is -2.05. The molecule has 0 radical (unpaired) electrons. The lowest BCUT2D eigenvalue weighted by Crippen LogP contribution is -2.37. The highest BCUT2D eigenvalue weighted by Crippen LogP contribution is 2.47. The SMILES string of the molecule is CN(C)c1ccc([C@@H]2[C@@H]3C(=O)N(c4ccc(F)cc4)C(=O)[C@@H]3ON2c2ccc(Cl)cc2)cc1. The van der Waals surface area contributed by atoms with Crippen molar-refractivity contribution in [2.75, 3.05) is 29.0 Å². The molecule has 0 unspecified atom stereocenters. The maximum absolute atomic E-state index is 13.5. The van der Waals surface area contributed by atoms with E-state index in [0.717, 1.165) is 16.2 Å². The first-order valence-electron chi connectivity index (χ1n) is 10.5. The molecule has 0 bridgehead atoms. The summed E-state index contributed by atoms with van der Waals surface area (Å²) in [6.07, 6.45) is -0.989. The second-order valence-electron chi connectivity index (χ2n) is 8.27. The Labute approximate surface area is 195 Å². The molecule has 3 aromatic carbocycles. The van der Waals surface area contributed by atoms with E-state index in [2.05, 4.69) is 0 Å². The van der Waals surface area contributed by atoms with Gasteiger partial charge in [-0.05, 0) is 66.2 Å². The third kappa shape index (κ3) is 3.63. The summed E-state index contributed by atoms with van der Waals surface area (Å²) in [7, 11) is 3.90. The van der Waals surface area contributed by atoms with Gasteiger partial charge in [0.05, 0.1) is 17.4 Å². The summed E-state index contributed by atoms with van der Waals surface area (Å²) in [5, 5.41) is 2.19. The maximum Gasteiger partial charge on any atom is 0.266 e. The number of hydroxylamine groups is 1. The van der Waals surface area contributed by atoms with Crippen molar-refractivity contribution in [3.05, 3.63) is 89.2 Å². The van der Waals surface area contributed by atoms with E-state index in [1.54, 1.807) is 29.3 Å². The summed E-state index contributed by atoms with van der Waals surface area (Å²) in [6, 6.07) is 19.6. The smallest absolute Gasteiger partial charge is 0.266 e. The van der Waals surface area contributed by atoms with Gasteiger partial charge in [-0.1, -0.05) is 23.7 Å². The fraction of sp³-hybridized carbons (Fsp3) is 0.200. The van der Waals surface area contributed by atoms with Gasteiger partial charge in [0, 0.05) is 24.8 Å². The number of fused-ring (bicyclic) bond motifs is 1. The third-order valence-electron chi connectivity index (χ3n) is 6.03. The third-order valence-corrected chi connectivity index (χ3v) is 6.28. The number of hydrogen-bond acceptors (Lipinski definition) is 5. The van der Waals surface area contributed by atoms with E-state index in [9.17, 15) is 14.0 Å². The number of carbonyl (C=O) groups is 2. The second kappa shape index (κ2) is 8.17. The van der Waals surface area contributed by atoms with Crippen molar-refractivity contribution in [2.24, 2.45) is 5.92 Å². The average molecular weight is 466 g/mol. The van der Waals surface area contributed by atoms with Gasteiger partial charge in [-0.2, -0.15) is 0 Å². The molecule has 5 rings (SSSR count). The van der Waals surface area contributed by atoms with Crippen molar-refractivity contribution >= 4 is 40.5 Å². The van der Waals surface area contributed by atoms with Crippen LogP contribution >= 0.6 is 11.6 Å². The summed E-state index contributed by atoms with van der Waals surface area (Å²) in [4.78, 5) is 36.0. The standard InChI is InChI=1S/C25H21ClFN3O3/c1-28(2)18-9-3-15(4-10-18)22-21-23(33-30(22)20-11-5-16(26)6-12-20)25(32)29(24(21)31)19-13-7-17(27)8-14-19/h3-14,21-23H,1-2H3/t21-,22+,23+/m0/s1. The van der Waals surface area contributed by atoms with Crippen molar-refractivity contribution in [3.63, 3.8) is 0 Å². The molecule has 0 N–H and O–H groups in total. The molecule has 0 aliphatic carbocycles. The highest BCUT2D eigenvalue weighted by Gasteiger charge is 2.60. The van der Waals surface area contributed by atoms with Crippen LogP contribution in [0, 0.1) is 11.7 Å². The van der Waals surface area contributed by atoms with Crippen LogP contribution in [0.1, 0.15) is 11.6 Å². The van der Waals surface area contributed by atoms with E-state index in [4.69, 9.17) is 16.4 Å². The normalized spacial score (nSPS) is 22.1. The molecule has 3 atom stereocenters. The predicted octanol–water partition coefficient (Wildman–Crippen LogP) is 4.60. The highest BCUT2D eigenvalue weighted by molar-refractivity contribution is 6.30. The molecular weight excluding hydrogens is 445 g/mol. The molecule has 2 amide bonds. The Bertz CT molecular complexity index is 1200. The fourth-order valence-electron chi connectivity index (χ4n) is 4.38. The van der Waals surface area contributed by atoms with Crippen LogP contribution in [-0.2, 0) is 14.4 Å². The van der Waals surface area contributed by atoms with Crippen LogP contribution in [0.5, 0.6) is 0 Å². The zero-order valence-corrected chi connectivity index (χ0v) is 18.7. The van der Waals surface area contributed by atoms with Gasteiger partial charge >= 0.3 is 0 Å². The summed E-state index contributed by atoms with van der Waals surface area (Å²) in [6.45, 7) is 0. The number of imide groups is 1. The van der Waals surface area contributed by atoms with Gasteiger partial charge in [0.25, 0.3) is 5.91 Å². The number of carbonyl (C=O) groups excluding carboxylic acids is 2. The van der Waals surface area contributed by atoms with Gasteiger partial charge in [0.1, 0.15) is 11.7 Å². The van der Waals surface area contributed by atoms with Crippen LogP contribution in [0.2, 0.25) is 5.02 Å². The lowest BCUT2D eigenvalue weighted by molar-refractivity contribution is -0.126. The first-order chi connectivity index (χ1) is 15.8.